The summed E-state index contributed by atoms with van der Waals surface area (Å²) in [5.41, 5.74) is 0. The van der Waals surface area contributed by atoms with Gasteiger partial charge in [-0.2, -0.15) is 0 Å². The minimum atomic E-state index is -0.130. The largest absolute Gasteiger partial charge is 0.634 e. The number of nitrogens with one attached hydrogen (secondary N) is 1. The first-order chi connectivity index (χ1) is 8.69. The van der Waals surface area contributed by atoms with Crippen LogP contribution in [0.3, 0.4) is 0 Å². The lowest BCUT2D eigenvalue weighted by atomic mass is 10.1. The van der Waals surface area contributed by atoms with Crippen LogP contribution in [0.25, 0.3) is 0 Å². The van der Waals surface area contributed by atoms with Crippen LogP contribution in [0.15, 0.2) is 12.7 Å². The fourth-order valence-electron chi connectivity index (χ4n) is 1.88. The fourth-order valence-corrected chi connectivity index (χ4v) is 1.88. The van der Waals surface area contributed by atoms with Crippen molar-refractivity contribution in [3.05, 3.63) is 17.9 Å². The standard InChI is InChI=1S/C12H26N2O4/c1-2-3-12(14(18)8-11-17)4-5-13(6-9-15)7-10-16/h2,12,14-17H,1,3-11H2. The van der Waals surface area contributed by atoms with Crippen molar-refractivity contribution in [2.45, 2.75) is 18.9 Å². The summed E-state index contributed by atoms with van der Waals surface area (Å²) in [6.45, 7) is 5.41. The minimum Gasteiger partial charge on any atom is -0.634 e. The normalized spacial score (nSPS) is 14.7. The van der Waals surface area contributed by atoms with Gasteiger partial charge >= 0.3 is 0 Å². The Hall–Kier alpha value is -0.500. The van der Waals surface area contributed by atoms with Gasteiger partial charge in [-0.15, -0.1) is 6.58 Å². The zero-order chi connectivity index (χ0) is 13.8. The van der Waals surface area contributed by atoms with Crippen molar-refractivity contribution in [1.29, 1.82) is 0 Å². The molecule has 0 aromatic heterocycles. The minimum absolute atomic E-state index is 0.0384. The molecule has 0 rings (SSSR count). The maximum absolute atomic E-state index is 11.7. The Bertz CT molecular complexity index is 199. The average molecular weight is 262 g/mol. The third kappa shape index (κ3) is 7.75. The Kier molecular flexibility index (Phi) is 11.3. The Balaban J connectivity index is 4.16. The summed E-state index contributed by atoms with van der Waals surface area (Å²) in [6.07, 6.45) is 2.97. The van der Waals surface area contributed by atoms with Gasteiger partial charge < -0.3 is 25.6 Å². The summed E-state index contributed by atoms with van der Waals surface area (Å²) in [5.74, 6) is 0. The summed E-state index contributed by atoms with van der Waals surface area (Å²) < 4.78 is 0. The monoisotopic (exact) mass is 262 g/mol. The van der Waals surface area contributed by atoms with Crippen molar-refractivity contribution in [3.63, 3.8) is 0 Å². The van der Waals surface area contributed by atoms with E-state index in [2.05, 4.69) is 6.58 Å². The number of rotatable bonds is 12. The van der Waals surface area contributed by atoms with Gasteiger partial charge in [0.05, 0.1) is 25.9 Å². The lowest BCUT2D eigenvalue weighted by Gasteiger charge is -2.32. The van der Waals surface area contributed by atoms with Crippen LogP contribution in [0.5, 0.6) is 0 Å². The van der Waals surface area contributed by atoms with Crippen LogP contribution in [0, 0.1) is 5.21 Å². The molecule has 0 aromatic rings. The molecule has 0 aromatic carbocycles. The maximum Gasteiger partial charge on any atom is 0.100 e. The number of nitrogens with zero attached hydrogens (tertiary/aromatic N) is 1. The van der Waals surface area contributed by atoms with Crippen molar-refractivity contribution in [2.75, 3.05) is 46.0 Å². The molecule has 0 fully saturated rings. The van der Waals surface area contributed by atoms with E-state index in [9.17, 15) is 5.21 Å². The molecule has 0 aliphatic rings. The number of hydrogen-bond acceptors (Lipinski definition) is 5. The van der Waals surface area contributed by atoms with Crippen molar-refractivity contribution in [1.82, 2.24) is 4.90 Å². The second-order valence-corrected chi connectivity index (χ2v) is 4.24. The van der Waals surface area contributed by atoms with Gasteiger partial charge in [0.25, 0.3) is 0 Å². The Morgan fingerprint density at radius 2 is 1.72 bits per heavy atom. The number of hydroxylamine groups is 2. The second-order valence-electron chi connectivity index (χ2n) is 4.24. The van der Waals surface area contributed by atoms with Crippen molar-refractivity contribution in [3.8, 4) is 0 Å². The van der Waals surface area contributed by atoms with Gasteiger partial charge in [0.15, 0.2) is 0 Å². The van der Waals surface area contributed by atoms with Crippen LogP contribution < -0.4 is 5.06 Å². The highest BCUT2D eigenvalue weighted by Gasteiger charge is 2.15. The molecular weight excluding hydrogens is 236 g/mol. The zero-order valence-electron chi connectivity index (χ0n) is 10.9. The van der Waals surface area contributed by atoms with E-state index in [0.717, 1.165) is 0 Å². The van der Waals surface area contributed by atoms with Crippen molar-refractivity contribution in [2.24, 2.45) is 0 Å². The fraction of sp³-hybridized carbons (Fsp3) is 0.833. The van der Waals surface area contributed by atoms with Gasteiger partial charge in [-0.1, -0.05) is 6.08 Å². The highest BCUT2D eigenvalue weighted by molar-refractivity contribution is 4.74. The van der Waals surface area contributed by atoms with Crippen LogP contribution in [0.4, 0.5) is 0 Å². The van der Waals surface area contributed by atoms with E-state index in [4.69, 9.17) is 15.3 Å². The van der Waals surface area contributed by atoms with Gasteiger partial charge in [-0.3, -0.25) is 4.90 Å². The average Bonchev–Trinajstić information content (AvgIpc) is 2.35. The first-order valence-corrected chi connectivity index (χ1v) is 6.38. The molecule has 18 heavy (non-hydrogen) atoms. The number of aliphatic hydroxyl groups is 3. The van der Waals surface area contributed by atoms with Gasteiger partial charge in [0.1, 0.15) is 6.54 Å². The first-order valence-electron chi connectivity index (χ1n) is 6.38. The van der Waals surface area contributed by atoms with Gasteiger partial charge in [-0.25, -0.2) is 0 Å². The van der Waals surface area contributed by atoms with E-state index in [1.54, 1.807) is 6.08 Å². The Labute approximate surface area is 109 Å². The summed E-state index contributed by atoms with van der Waals surface area (Å²) in [5, 5.41) is 38.3. The lowest BCUT2D eigenvalue weighted by molar-refractivity contribution is -0.876. The SMILES string of the molecule is C=CCC(CCN(CCO)CCO)[NH+]([O-])CCO. The summed E-state index contributed by atoms with van der Waals surface area (Å²) in [4.78, 5) is 1.92. The van der Waals surface area contributed by atoms with E-state index in [0.29, 0.717) is 32.5 Å². The molecule has 4 N–H and O–H groups in total. The molecule has 0 saturated heterocycles. The van der Waals surface area contributed by atoms with Crippen LogP contribution in [-0.2, 0) is 0 Å². The van der Waals surface area contributed by atoms with E-state index < -0.39 is 0 Å². The van der Waals surface area contributed by atoms with Crippen LogP contribution in [0.2, 0.25) is 0 Å². The third-order valence-corrected chi connectivity index (χ3v) is 2.89. The number of quaternary nitrogens is 1. The highest BCUT2D eigenvalue weighted by Crippen LogP contribution is 1.99. The molecular formula is C12H26N2O4. The molecule has 0 radical (unpaired) electrons. The van der Waals surface area contributed by atoms with Crippen LogP contribution in [0.1, 0.15) is 12.8 Å². The summed E-state index contributed by atoms with van der Waals surface area (Å²) in [7, 11) is 0. The van der Waals surface area contributed by atoms with Crippen LogP contribution >= 0.6 is 0 Å². The summed E-state index contributed by atoms with van der Waals surface area (Å²) in [6, 6.07) is -0.130. The highest BCUT2D eigenvalue weighted by atomic mass is 16.5. The zero-order valence-corrected chi connectivity index (χ0v) is 10.9. The summed E-state index contributed by atoms with van der Waals surface area (Å²) >= 11 is 0. The molecule has 0 spiro atoms. The van der Waals surface area contributed by atoms with Gasteiger partial charge in [-0.05, 0) is 0 Å². The quantitative estimate of drug-likeness (QED) is 0.241. The van der Waals surface area contributed by atoms with E-state index >= 15 is 0 Å². The number of aliphatic hydroxyl groups excluding tert-OH is 3. The molecule has 0 heterocycles. The van der Waals surface area contributed by atoms with Crippen molar-refractivity contribution < 1.29 is 20.4 Å². The molecule has 0 aliphatic heterocycles. The molecule has 0 saturated carbocycles. The Morgan fingerprint density at radius 3 is 2.17 bits per heavy atom. The van der Waals surface area contributed by atoms with E-state index in [1.807, 2.05) is 4.90 Å². The molecule has 2 atom stereocenters. The van der Waals surface area contributed by atoms with E-state index in [-0.39, 0.29) is 37.5 Å². The molecule has 108 valence electrons. The number of hydrogen-bond donors (Lipinski definition) is 4. The lowest BCUT2D eigenvalue weighted by Crippen LogP contribution is -3.11. The first kappa shape index (κ1) is 17.5. The topological polar surface area (TPSA) is 91.4 Å². The second kappa shape index (κ2) is 11.6. The molecule has 0 bridgehead atoms. The predicted molar refractivity (Wildman–Crippen MR) is 70.1 cm³/mol. The van der Waals surface area contributed by atoms with Crippen LogP contribution in [-0.4, -0.2) is 72.3 Å². The smallest absolute Gasteiger partial charge is 0.100 e. The molecule has 0 amide bonds. The van der Waals surface area contributed by atoms with Gasteiger partial charge in [0, 0.05) is 32.5 Å². The molecule has 0 aliphatic carbocycles. The third-order valence-electron chi connectivity index (χ3n) is 2.89. The molecule has 6 nitrogen and oxygen atoms in total. The van der Waals surface area contributed by atoms with E-state index in [1.165, 1.54) is 0 Å². The Morgan fingerprint density at radius 1 is 1.11 bits per heavy atom. The molecule has 2 unspecified atom stereocenters. The van der Waals surface area contributed by atoms with Gasteiger partial charge in [0.2, 0.25) is 0 Å². The maximum atomic E-state index is 11.7. The van der Waals surface area contributed by atoms with Crippen molar-refractivity contribution >= 4 is 0 Å². The predicted octanol–water partition coefficient (Wildman–Crippen LogP) is -2.02. The molecule has 6 heteroatoms.